The van der Waals surface area contributed by atoms with Crippen LogP contribution >= 0.6 is 0 Å². The highest BCUT2D eigenvalue weighted by Crippen LogP contribution is 2.14. The third-order valence-electron chi connectivity index (χ3n) is 2.45. The normalized spacial score (nSPS) is 12.4. The van der Waals surface area contributed by atoms with Crippen LogP contribution in [0, 0.1) is 0 Å². The van der Waals surface area contributed by atoms with E-state index in [1.807, 2.05) is 0 Å². The molecule has 5 N–H and O–H groups in total. The standard InChI is InChI=1S/C11H17N3O3S/c1-11(2,10(13)15)14-18(16,17)9-5-3-4-8(6-9)7-12/h3-6,14H,7,12H2,1-2H3,(H2,13,15). The van der Waals surface area contributed by atoms with Gasteiger partial charge in [-0.15, -0.1) is 0 Å². The minimum absolute atomic E-state index is 0.0553. The monoisotopic (exact) mass is 271 g/mol. The van der Waals surface area contributed by atoms with Gasteiger partial charge in [-0.3, -0.25) is 4.79 Å². The van der Waals surface area contributed by atoms with Crippen LogP contribution in [0.4, 0.5) is 0 Å². The molecule has 0 bridgehead atoms. The highest BCUT2D eigenvalue weighted by atomic mass is 32.2. The van der Waals surface area contributed by atoms with E-state index in [4.69, 9.17) is 11.5 Å². The largest absolute Gasteiger partial charge is 0.368 e. The lowest BCUT2D eigenvalue weighted by Crippen LogP contribution is -2.52. The highest BCUT2D eigenvalue weighted by molar-refractivity contribution is 7.89. The average molecular weight is 271 g/mol. The molecule has 18 heavy (non-hydrogen) atoms. The van der Waals surface area contributed by atoms with Gasteiger partial charge >= 0.3 is 0 Å². The molecule has 0 fully saturated rings. The molecule has 0 spiro atoms. The summed E-state index contributed by atoms with van der Waals surface area (Å²) in [4.78, 5) is 11.2. The summed E-state index contributed by atoms with van der Waals surface area (Å²) < 4.78 is 26.4. The molecule has 0 saturated carbocycles. The van der Waals surface area contributed by atoms with Crippen molar-refractivity contribution in [2.45, 2.75) is 30.8 Å². The maximum absolute atomic E-state index is 12.1. The number of carbonyl (C=O) groups is 1. The first-order valence-corrected chi connectivity index (χ1v) is 6.80. The van der Waals surface area contributed by atoms with E-state index >= 15 is 0 Å². The van der Waals surface area contributed by atoms with Crippen molar-refractivity contribution in [3.05, 3.63) is 29.8 Å². The zero-order valence-corrected chi connectivity index (χ0v) is 11.1. The van der Waals surface area contributed by atoms with Crippen molar-refractivity contribution in [1.29, 1.82) is 0 Å². The van der Waals surface area contributed by atoms with Crippen molar-refractivity contribution in [2.75, 3.05) is 0 Å². The van der Waals surface area contributed by atoms with Crippen molar-refractivity contribution >= 4 is 15.9 Å². The van der Waals surface area contributed by atoms with Crippen LogP contribution in [-0.2, 0) is 21.4 Å². The van der Waals surface area contributed by atoms with E-state index in [-0.39, 0.29) is 11.4 Å². The molecule has 0 heterocycles. The minimum Gasteiger partial charge on any atom is -0.368 e. The second-order valence-corrected chi connectivity index (χ2v) is 6.13. The fraction of sp³-hybridized carbons (Fsp3) is 0.364. The Hall–Kier alpha value is -1.44. The molecule has 1 rings (SSSR count). The average Bonchev–Trinajstić information content (AvgIpc) is 2.27. The van der Waals surface area contributed by atoms with E-state index < -0.39 is 21.5 Å². The van der Waals surface area contributed by atoms with Crippen LogP contribution in [0.15, 0.2) is 29.2 Å². The Kier molecular flexibility index (Phi) is 4.10. The van der Waals surface area contributed by atoms with E-state index in [2.05, 4.69) is 4.72 Å². The lowest BCUT2D eigenvalue weighted by Gasteiger charge is -2.22. The summed E-state index contributed by atoms with van der Waals surface area (Å²) in [6.07, 6.45) is 0. The van der Waals surface area contributed by atoms with Crippen molar-refractivity contribution in [1.82, 2.24) is 4.72 Å². The zero-order chi connectivity index (χ0) is 14.0. The second-order valence-electron chi connectivity index (χ2n) is 4.45. The summed E-state index contributed by atoms with van der Waals surface area (Å²) in [5.41, 5.74) is 9.91. The minimum atomic E-state index is -3.80. The first-order chi connectivity index (χ1) is 8.19. The number of amides is 1. The van der Waals surface area contributed by atoms with Gasteiger partial charge in [0.1, 0.15) is 5.54 Å². The number of primary amides is 1. The van der Waals surface area contributed by atoms with E-state index in [1.54, 1.807) is 12.1 Å². The number of carbonyl (C=O) groups excluding carboxylic acids is 1. The van der Waals surface area contributed by atoms with E-state index in [0.29, 0.717) is 5.56 Å². The van der Waals surface area contributed by atoms with Crippen molar-refractivity contribution in [2.24, 2.45) is 11.5 Å². The molecular weight excluding hydrogens is 254 g/mol. The molecule has 100 valence electrons. The molecular formula is C11H17N3O3S. The van der Waals surface area contributed by atoms with Gasteiger partial charge in [-0.05, 0) is 31.5 Å². The summed E-state index contributed by atoms with van der Waals surface area (Å²) in [5, 5.41) is 0. The molecule has 0 aliphatic rings. The van der Waals surface area contributed by atoms with Crippen molar-refractivity contribution < 1.29 is 13.2 Å². The van der Waals surface area contributed by atoms with Crippen molar-refractivity contribution in [3.8, 4) is 0 Å². The van der Waals surface area contributed by atoms with Gasteiger partial charge in [0.25, 0.3) is 0 Å². The number of nitrogens with two attached hydrogens (primary N) is 2. The first-order valence-electron chi connectivity index (χ1n) is 5.32. The fourth-order valence-electron chi connectivity index (χ4n) is 1.28. The molecule has 0 atom stereocenters. The third kappa shape index (κ3) is 3.28. The van der Waals surface area contributed by atoms with Gasteiger partial charge in [-0.2, -0.15) is 4.72 Å². The molecule has 0 unspecified atom stereocenters. The molecule has 1 aromatic carbocycles. The maximum atomic E-state index is 12.1. The summed E-state index contributed by atoms with van der Waals surface area (Å²) >= 11 is 0. The predicted octanol–water partition coefficient (Wildman–Crippen LogP) is -0.312. The SMILES string of the molecule is CC(C)(NS(=O)(=O)c1cccc(CN)c1)C(N)=O. The van der Waals surface area contributed by atoms with Crippen LogP contribution in [0.3, 0.4) is 0 Å². The van der Waals surface area contributed by atoms with E-state index in [1.165, 1.54) is 26.0 Å². The van der Waals surface area contributed by atoms with Crippen molar-refractivity contribution in [3.63, 3.8) is 0 Å². The summed E-state index contributed by atoms with van der Waals surface area (Å²) in [6.45, 7) is 3.04. The number of nitrogens with one attached hydrogen (secondary N) is 1. The van der Waals surface area contributed by atoms with Gasteiger partial charge in [0.2, 0.25) is 15.9 Å². The Labute approximate surface area is 106 Å². The quantitative estimate of drug-likeness (QED) is 0.681. The summed E-state index contributed by atoms with van der Waals surface area (Å²) in [5.74, 6) is -0.749. The maximum Gasteiger partial charge on any atom is 0.241 e. The number of sulfonamides is 1. The number of rotatable bonds is 5. The molecule has 0 radical (unpaired) electrons. The van der Waals surface area contributed by atoms with Gasteiger partial charge in [0.15, 0.2) is 0 Å². The van der Waals surface area contributed by atoms with Crippen LogP contribution in [0.2, 0.25) is 0 Å². The predicted molar refractivity (Wildman–Crippen MR) is 67.9 cm³/mol. The number of benzene rings is 1. The van der Waals surface area contributed by atoms with Gasteiger partial charge < -0.3 is 11.5 Å². The third-order valence-corrected chi connectivity index (χ3v) is 4.10. The lowest BCUT2D eigenvalue weighted by atomic mass is 10.1. The highest BCUT2D eigenvalue weighted by Gasteiger charge is 2.31. The van der Waals surface area contributed by atoms with Gasteiger partial charge in [-0.25, -0.2) is 8.42 Å². The summed E-state index contributed by atoms with van der Waals surface area (Å²) in [7, 11) is -3.80. The van der Waals surface area contributed by atoms with Crippen LogP contribution in [0.1, 0.15) is 19.4 Å². The Morgan fingerprint density at radius 2 is 2.00 bits per heavy atom. The van der Waals surface area contributed by atoms with Crippen LogP contribution in [0.25, 0.3) is 0 Å². The van der Waals surface area contributed by atoms with Gasteiger partial charge in [0.05, 0.1) is 4.90 Å². The van der Waals surface area contributed by atoms with E-state index in [9.17, 15) is 13.2 Å². The Balaban J connectivity index is 3.10. The molecule has 0 aromatic heterocycles. The first kappa shape index (κ1) is 14.6. The lowest BCUT2D eigenvalue weighted by molar-refractivity contribution is -0.122. The Bertz CT molecular complexity index is 552. The second kappa shape index (κ2) is 5.05. The Morgan fingerprint density at radius 3 is 2.50 bits per heavy atom. The van der Waals surface area contributed by atoms with Crippen LogP contribution in [-0.4, -0.2) is 19.9 Å². The summed E-state index contributed by atoms with van der Waals surface area (Å²) in [6, 6.07) is 6.20. The number of hydrogen-bond donors (Lipinski definition) is 3. The Morgan fingerprint density at radius 1 is 1.39 bits per heavy atom. The van der Waals surface area contributed by atoms with Crippen LogP contribution < -0.4 is 16.2 Å². The molecule has 1 amide bonds. The zero-order valence-electron chi connectivity index (χ0n) is 10.3. The van der Waals surface area contributed by atoms with Crippen LogP contribution in [0.5, 0.6) is 0 Å². The number of hydrogen-bond acceptors (Lipinski definition) is 4. The topological polar surface area (TPSA) is 115 Å². The van der Waals surface area contributed by atoms with Gasteiger partial charge in [-0.1, -0.05) is 12.1 Å². The molecule has 0 aliphatic heterocycles. The molecule has 7 heteroatoms. The molecule has 0 saturated heterocycles. The molecule has 6 nitrogen and oxygen atoms in total. The fourth-order valence-corrected chi connectivity index (χ4v) is 2.74. The molecule has 0 aliphatic carbocycles. The smallest absolute Gasteiger partial charge is 0.241 e. The van der Waals surface area contributed by atoms with Gasteiger partial charge in [0, 0.05) is 6.54 Å². The van der Waals surface area contributed by atoms with E-state index in [0.717, 1.165) is 0 Å². The molecule has 1 aromatic rings.